The number of carbonyl (C=O) groups is 1. The van der Waals surface area contributed by atoms with Gasteiger partial charge in [0.25, 0.3) is 0 Å². The standard InChI is InChI=1S/C12H14F2O2/c1-2-16-11(15)9-7-12(9,14)8-5-3-4-6-10(8)13/h5-6,9H,2-4,7H2,1H3. The Morgan fingerprint density at radius 1 is 1.56 bits per heavy atom. The molecule has 1 saturated carbocycles. The third-order valence-electron chi connectivity index (χ3n) is 3.01. The van der Waals surface area contributed by atoms with E-state index in [1.54, 1.807) is 13.0 Å². The van der Waals surface area contributed by atoms with Crippen LogP contribution in [0, 0.1) is 5.92 Å². The Bertz CT molecular complexity index is 373. The minimum absolute atomic E-state index is 0.0387. The van der Waals surface area contributed by atoms with Gasteiger partial charge in [0.05, 0.1) is 12.5 Å². The number of alkyl halides is 1. The Balaban J connectivity index is 2.09. The van der Waals surface area contributed by atoms with Crippen LogP contribution in [0.1, 0.15) is 26.2 Å². The van der Waals surface area contributed by atoms with Crippen molar-refractivity contribution in [1.29, 1.82) is 0 Å². The van der Waals surface area contributed by atoms with Gasteiger partial charge in [-0.15, -0.1) is 0 Å². The molecule has 2 aliphatic carbocycles. The topological polar surface area (TPSA) is 26.3 Å². The molecule has 0 heterocycles. The van der Waals surface area contributed by atoms with E-state index in [1.165, 1.54) is 6.08 Å². The average Bonchev–Trinajstić information content (AvgIpc) is 2.93. The van der Waals surface area contributed by atoms with Crippen molar-refractivity contribution in [1.82, 2.24) is 0 Å². The van der Waals surface area contributed by atoms with Crippen LogP contribution in [0.15, 0.2) is 23.6 Å². The molecular weight excluding hydrogens is 214 g/mol. The number of allylic oxidation sites excluding steroid dienone is 4. The first-order valence-electron chi connectivity index (χ1n) is 5.51. The normalized spacial score (nSPS) is 32.8. The molecule has 0 aliphatic heterocycles. The van der Waals surface area contributed by atoms with Crippen molar-refractivity contribution >= 4 is 5.97 Å². The molecule has 0 radical (unpaired) electrons. The summed E-state index contributed by atoms with van der Waals surface area (Å²) in [5.41, 5.74) is -1.79. The second-order valence-corrected chi connectivity index (χ2v) is 4.12. The predicted octanol–water partition coefficient (Wildman–Crippen LogP) is 2.85. The van der Waals surface area contributed by atoms with E-state index in [4.69, 9.17) is 4.74 Å². The number of hydrogen-bond donors (Lipinski definition) is 0. The van der Waals surface area contributed by atoms with Gasteiger partial charge in [0.1, 0.15) is 5.83 Å². The van der Waals surface area contributed by atoms with E-state index < -0.39 is 23.4 Å². The van der Waals surface area contributed by atoms with Gasteiger partial charge in [-0.05, 0) is 25.8 Å². The summed E-state index contributed by atoms with van der Waals surface area (Å²) < 4.78 is 32.4. The summed E-state index contributed by atoms with van der Waals surface area (Å²) in [5.74, 6) is -1.92. The van der Waals surface area contributed by atoms with Crippen LogP contribution in [0.25, 0.3) is 0 Å². The van der Waals surface area contributed by atoms with Gasteiger partial charge >= 0.3 is 5.97 Å². The quantitative estimate of drug-likeness (QED) is 0.694. The Morgan fingerprint density at radius 2 is 2.25 bits per heavy atom. The highest BCUT2D eigenvalue weighted by atomic mass is 19.2. The summed E-state index contributed by atoms with van der Waals surface area (Å²) >= 11 is 0. The van der Waals surface area contributed by atoms with Crippen molar-refractivity contribution in [2.45, 2.75) is 31.9 Å². The lowest BCUT2D eigenvalue weighted by Crippen LogP contribution is -2.18. The molecule has 0 aromatic carbocycles. The monoisotopic (exact) mass is 228 g/mol. The summed E-state index contributed by atoms with van der Waals surface area (Å²) in [6.45, 7) is 1.89. The van der Waals surface area contributed by atoms with Crippen LogP contribution in [0.4, 0.5) is 8.78 Å². The lowest BCUT2D eigenvalue weighted by molar-refractivity contribution is -0.145. The van der Waals surface area contributed by atoms with Crippen molar-refractivity contribution in [3.8, 4) is 0 Å². The average molecular weight is 228 g/mol. The van der Waals surface area contributed by atoms with E-state index in [1.807, 2.05) is 0 Å². The first-order valence-corrected chi connectivity index (χ1v) is 5.51. The Morgan fingerprint density at radius 3 is 2.88 bits per heavy atom. The van der Waals surface area contributed by atoms with Crippen molar-refractivity contribution in [3.63, 3.8) is 0 Å². The fourth-order valence-electron chi connectivity index (χ4n) is 2.06. The number of halogens is 2. The van der Waals surface area contributed by atoms with Crippen LogP contribution in [0.5, 0.6) is 0 Å². The Kier molecular flexibility index (Phi) is 2.82. The Hall–Kier alpha value is -1.19. The zero-order chi connectivity index (χ0) is 11.8. The van der Waals surface area contributed by atoms with Gasteiger partial charge in [-0.3, -0.25) is 4.79 Å². The van der Waals surface area contributed by atoms with Gasteiger partial charge < -0.3 is 4.74 Å². The smallest absolute Gasteiger partial charge is 0.312 e. The largest absolute Gasteiger partial charge is 0.466 e. The number of ether oxygens (including phenoxy) is 1. The van der Waals surface area contributed by atoms with Crippen LogP contribution in [0.2, 0.25) is 0 Å². The lowest BCUT2D eigenvalue weighted by atomic mass is 9.99. The van der Waals surface area contributed by atoms with Crippen LogP contribution >= 0.6 is 0 Å². The molecule has 16 heavy (non-hydrogen) atoms. The van der Waals surface area contributed by atoms with E-state index in [9.17, 15) is 13.6 Å². The highest BCUT2D eigenvalue weighted by Crippen LogP contribution is 2.56. The SMILES string of the molecule is CCOC(=O)C1CC1(F)C1=CCCC=C1F. The first kappa shape index (κ1) is 11.3. The second kappa shape index (κ2) is 4.00. The van der Waals surface area contributed by atoms with E-state index in [2.05, 4.69) is 0 Å². The lowest BCUT2D eigenvalue weighted by Gasteiger charge is -2.14. The molecule has 88 valence electrons. The molecular formula is C12H14F2O2. The number of rotatable bonds is 3. The molecule has 0 N–H and O–H groups in total. The molecule has 2 rings (SSSR count). The second-order valence-electron chi connectivity index (χ2n) is 4.12. The van der Waals surface area contributed by atoms with Crippen molar-refractivity contribution < 1.29 is 18.3 Å². The van der Waals surface area contributed by atoms with Gasteiger partial charge in [-0.1, -0.05) is 6.08 Å². The summed E-state index contributed by atoms with van der Waals surface area (Å²) in [6, 6.07) is 0. The molecule has 0 amide bonds. The van der Waals surface area contributed by atoms with Crippen molar-refractivity contribution in [2.24, 2.45) is 5.92 Å². The molecule has 2 unspecified atom stereocenters. The molecule has 4 heteroatoms. The van der Waals surface area contributed by atoms with Crippen LogP contribution in [0.3, 0.4) is 0 Å². The first-order chi connectivity index (χ1) is 7.59. The number of esters is 1. The van der Waals surface area contributed by atoms with Gasteiger partial charge in [0, 0.05) is 12.0 Å². The Labute approximate surface area is 93.0 Å². The fraction of sp³-hybridized carbons (Fsp3) is 0.583. The maximum atomic E-state index is 14.2. The summed E-state index contributed by atoms with van der Waals surface area (Å²) in [4.78, 5) is 11.3. The van der Waals surface area contributed by atoms with Gasteiger partial charge in [0.15, 0.2) is 5.67 Å². The molecule has 0 aromatic rings. The van der Waals surface area contributed by atoms with Gasteiger partial charge in [-0.2, -0.15) is 0 Å². The van der Waals surface area contributed by atoms with E-state index in [0.29, 0.717) is 12.8 Å². The maximum absolute atomic E-state index is 14.2. The molecule has 0 bridgehead atoms. The molecule has 0 spiro atoms. The molecule has 0 aromatic heterocycles. The van der Waals surface area contributed by atoms with E-state index in [-0.39, 0.29) is 18.6 Å². The zero-order valence-electron chi connectivity index (χ0n) is 9.13. The fourth-order valence-corrected chi connectivity index (χ4v) is 2.06. The van der Waals surface area contributed by atoms with Gasteiger partial charge in [0.2, 0.25) is 0 Å². The highest BCUT2D eigenvalue weighted by molar-refractivity contribution is 5.80. The summed E-state index contributed by atoms with van der Waals surface area (Å²) in [7, 11) is 0. The van der Waals surface area contributed by atoms with E-state index in [0.717, 1.165) is 0 Å². The van der Waals surface area contributed by atoms with E-state index >= 15 is 0 Å². The minimum Gasteiger partial charge on any atom is -0.466 e. The molecule has 0 saturated heterocycles. The minimum atomic E-state index is -1.83. The molecule has 2 atom stereocenters. The molecule has 2 nitrogen and oxygen atoms in total. The van der Waals surface area contributed by atoms with Crippen molar-refractivity contribution in [3.05, 3.63) is 23.6 Å². The number of hydrogen-bond acceptors (Lipinski definition) is 2. The summed E-state index contributed by atoms with van der Waals surface area (Å²) in [6.07, 6.45) is 4.18. The highest BCUT2D eigenvalue weighted by Gasteiger charge is 2.63. The molecule has 1 fully saturated rings. The third-order valence-corrected chi connectivity index (χ3v) is 3.01. The predicted molar refractivity (Wildman–Crippen MR) is 55.1 cm³/mol. The van der Waals surface area contributed by atoms with Crippen LogP contribution in [-0.4, -0.2) is 18.2 Å². The third kappa shape index (κ3) is 1.77. The zero-order valence-corrected chi connectivity index (χ0v) is 9.13. The van der Waals surface area contributed by atoms with Crippen LogP contribution < -0.4 is 0 Å². The van der Waals surface area contributed by atoms with Crippen molar-refractivity contribution in [2.75, 3.05) is 6.61 Å². The maximum Gasteiger partial charge on any atom is 0.312 e. The number of carbonyl (C=O) groups excluding carboxylic acids is 1. The summed E-state index contributed by atoms with van der Waals surface area (Å²) in [5, 5.41) is 0. The molecule has 2 aliphatic rings. The van der Waals surface area contributed by atoms with Crippen LogP contribution in [-0.2, 0) is 9.53 Å². The van der Waals surface area contributed by atoms with Gasteiger partial charge in [-0.25, -0.2) is 8.78 Å².